The van der Waals surface area contributed by atoms with E-state index in [2.05, 4.69) is 20.9 Å². The second-order valence-corrected chi connectivity index (χ2v) is 5.16. The van der Waals surface area contributed by atoms with E-state index in [1.165, 1.54) is 10.6 Å². The smallest absolute Gasteiger partial charge is 0.206 e. The van der Waals surface area contributed by atoms with Gasteiger partial charge < -0.3 is 5.73 Å². The minimum atomic E-state index is -0.774. The lowest BCUT2D eigenvalue weighted by atomic mass is 10.2. The third-order valence-electron chi connectivity index (χ3n) is 3.06. The summed E-state index contributed by atoms with van der Waals surface area (Å²) >= 11 is 3.01. The Morgan fingerprint density at radius 1 is 1.24 bits per heavy atom. The molecule has 0 saturated carbocycles. The van der Waals surface area contributed by atoms with Crippen LogP contribution in [0.5, 0.6) is 0 Å². The van der Waals surface area contributed by atoms with Crippen LogP contribution in [0.2, 0.25) is 0 Å². The number of hydrogen-bond acceptors (Lipinski definition) is 3. The largest absolute Gasteiger partial charge is 0.369 e. The van der Waals surface area contributed by atoms with Gasteiger partial charge in [-0.25, -0.2) is 13.8 Å². The summed E-state index contributed by atoms with van der Waals surface area (Å²) in [5.41, 5.74) is 7.07. The average molecular weight is 349 g/mol. The predicted molar refractivity (Wildman–Crippen MR) is 77.8 cm³/mol. The summed E-state index contributed by atoms with van der Waals surface area (Å²) in [5.74, 6) is -1.47. The molecular formula is C14H7BrF2N4. The average Bonchev–Trinajstić information content (AvgIpc) is 2.79. The summed E-state index contributed by atoms with van der Waals surface area (Å²) in [7, 11) is 0. The third-order valence-corrected chi connectivity index (χ3v) is 3.67. The fraction of sp³-hybridized carbons (Fsp3) is 0. The van der Waals surface area contributed by atoms with Crippen LogP contribution in [0.3, 0.4) is 0 Å². The van der Waals surface area contributed by atoms with Gasteiger partial charge in [-0.05, 0) is 34.1 Å². The standard InChI is InChI=1S/C14H7BrF2N4/c15-8-4-12(10(17)5-9(8)16)21-11-3-1-2-7(6-18)13(11)20-14(21)19/h1-5H,(H2,19,20). The van der Waals surface area contributed by atoms with Gasteiger partial charge in [0.1, 0.15) is 23.2 Å². The SMILES string of the molecule is N#Cc1cccc2c1nc(N)n2-c1cc(Br)c(F)cc1F. The van der Waals surface area contributed by atoms with Crippen molar-refractivity contribution in [1.29, 1.82) is 5.26 Å². The number of imidazole rings is 1. The van der Waals surface area contributed by atoms with E-state index >= 15 is 0 Å². The maximum atomic E-state index is 14.1. The van der Waals surface area contributed by atoms with Crippen molar-refractivity contribution >= 4 is 32.9 Å². The van der Waals surface area contributed by atoms with Crippen molar-refractivity contribution in [2.75, 3.05) is 5.73 Å². The first kappa shape index (κ1) is 13.5. The molecule has 2 N–H and O–H groups in total. The molecule has 0 fully saturated rings. The number of benzene rings is 2. The molecule has 0 bridgehead atoms. The second-order valence-electron chi connectivity index (χ2n) is 4.31. The lowest BCUT2D eigenvalue weighted by Crippen LogP contribution is -2.03. The maximum absolute atomic E-state index is 14.1. The summed E-state index contributed by atoms with van der Waals surface area (Å²) in [6.07, 6.45) is 0. The predicted octanol–water partition coefficient (Wildman–Crippen LogP) is 3.52. The van der Waals surface area contributed by atoms with Crippen molar-refractivity contribution in [2.45, 2.75) is 0 Å². The molecule has 0 spiro atoms. The zero-order valence-corrected chi connectivity index (χ0v) is 12.0. The highest BCUT2D eigenvalue weighted by Crippen LogP contribution is 2.29. The Morgan fingerprint density at radius 3 is 2.71 bits per heavy atom. The molecule has 0 saturated heterocycles. The molecule has 0 atom stereocenters. The van der Waals surface area contributed by atoms with Crippen LogP contribution in [0.1, 0.15) is 5.56 Å². The molecule has 104 valence electrons. The topological polar surface area (TPSA) is 67.6 Å². The zero-order chi connectivity index (χ0) is 15.1. The van der Waals surface area contributed by atoms with Gasteiger partial charge >= 0.3 is 0 Å². The Kier molecular flexibility index (Phi) is 3.11. The molecule has 0 aliphatic carbocycles. The summed E-state index contributed by atoms with van der Waals surface area (Å²) in [6, 6.07) is 8.95. The number of rotatable bonds is 1. The van der Waals surface area contributed by atoms with E-state index in [-0.39, 0.29) is 16.1 Å². The summed E-state index contributed by atoms with van der Waals surface area (Å²) < 4.78 is 28.9. The van der Waals surface area contributed by atoms with Crippen LogP contribution in [-0.2, 0) is 0 Å². The van der Waals surface area contributed by atoms with Gasteiger partial charge in [0.15, 0.2) is 0 Å². The number of anilines is 1. The Hall–Kier alpha value is -2.46. The highest BCUT2D eigenvalue weighted by Gasteiger charge is 2.17. The van der Waals surface area contributed by atoms with Gasteiger partial charge in [-0.1, -0.05) is 6.07 Å². The van der Waals surface area contributed by atoms with Crippen molar-refractivity contribution in [3.05, 3.63) is 52.0 Å². The number of fused-ring (bicyclic) bond motifs is 1. The van der Waals surface area contributed by atoms with E-state index in [1.807, 2.05) is 6.07 Å². The molecule has 3 rings (SSSR count). The summed E-state index contributed by atoms with van der Waals surface area (Å²) in [5, 5.41) is 9.07. The first-order valence-corrected chi connectivity index (χ1v) is 6.64. The Morgan fingerprint density at radius 2 is 2.00 bits per heavy atom. The van der Waals surface area contributed by atoms with Crippen LogP contribution in [0.15, 0.2) is 34.8 Å². The van der Waals surface area contributed by atoms with Crippen LogP contribution in [0, 0.1) is 23.0 Å². The monoisotopic (exact) mass is 348 g/mol. The van der Waals surface area contributed by atoms with Crippen molar-refractivity contribution in [3.63, 3.8) is 0 Å². The van der Waals surface area contributed by atoms with E-state index in [9.17, 15) is 8.78 Å². The van der Waals surface area contributed by atoms with E-state index in [0.29, 0.717) is 16.6 Å². The molecule has 0 aliphatic rings. The van der Waals surface area contributed by atoms with Gasteiger partial charge in [-0.2, -0.15) is 5.26 Å². The Bertz CT molecular complexity index is 911. The van der Waals surface area contributed by atoms with Crippen LogP contribution in [0.4, 0.5) is 14.7 Å². The van der Waals surface area contributed by atoms with E-state index in [4.69, 9.17) is 11.0 Å². The van der Waals surface area contributed by atoms with Crippen LogP contribution in [0.25, 0.3) is 16.7 Å². The normalized spacial score (nSPS) is 10.8. The lowest BCUT2D eigenvalue weighted by Gasteiger charge is -2.09. The number of halogens is 3. The number of nitriles is 1. The molecule has 0 radical (unpaired) electrons. The minimum absolute atomic E-state index is 0.0186. The molecule has 0 unspecified atom stereocenters. The highest BCUT2D eigenvalue weighted by molar-refractivity contribution is 9.10. The number of aromatic nitrogens is 2. The van der Waals surface area contributed by atoms with Gasteiger partial charge in [-0.15, -0.1) is 0 Å². The fourth-order valence-electron chi connectivity index (χ4n) is 2.14. The van der Waals surface area contributed by atoms with E-state index in [1.54, 1.807) is 18.2 Å². The molecule has 0 amide bonds. The quantitative estimate of drug-likeness (QED) is 0.684. The first-order valence-electron chi connectivity index (χ1n) is 5.85. The Labute approximate surface area is 126 Å². The highest BCUT2D eigenvalue weighted by atomic mass is 79.9. The molecular weight excluding hydrogens is 342 g/mol. The van der Waals surface area contributed by atoms with Crippen molar-refractivity contribution < 1.29 is 8.78 Å². The van der Waals surface area contributed by atoms with E-state index < -0.39 is 11.6 Å². The molecule has 7 heteroatoms. The number of nitrogens with two attached hydrogens (primary N) is 1. The lowest BCUT2D eigenvalue weighted by molar-refractivity contribution is 0.574. The summed E-state index contributed by atoms with van der Waals surface area (Å²) in [4.78, 5) is 4.10. The number of hydrogen-bond donors (Lipinski definition) is 1. The molecule has 4 nitrogen and oxygen atoms in total. The first-order chi connectivity index (χ1) is 10.0. The second kappa shape index (κ2) is 4.82. The van der Waals surface area contributed by atoms with Crippen molar-refractivity contribution in [1.82, 2.24) is 9.55 Å². The third kappa shape index (κ3) is 2.04. The molecule has 0 aliphatic heterocycles. The maximum Gasteiger partial charge on any atom is 0.206 e. The summed E-state index contributed by atoms with van der Waals surface area (Å²) in [6.45, 7) is 0. The van der Waals surface area contributed by atoms with E-state index in [0.717, 1.165) is 6.07 Å². The number of nitrogens with zero attached hydrogens (tertiary/aromatic N) is 3. The van der Waals surface area contributed by atoms with Gasteiger partial charge in [0.2, 0.25) is 5.95 Å². The molecule has 3 aromatic rings. The number of nitrogen functional groups attached to an aromatic ring is 1. The Balaban J connectivity index is 2.39. The number of para-hydroxylation sites is 1. The van der Waals surface area contributed by atoms with Crippen LogP contribution in [-0.4, -0.2) is 9.55 Å². The van der Waals surface area contributed by atoms with Crippen LogP contribution >= 0.6 is 15.9 Å². The molecule has 1 heterocycles. The van der Waals surface area contributed by atoms with Gasteiger partial charge in [-0.3, -0.25) is 4.57 Å². The van der Waals surface area contributed by atoms with Gasteiger partial charge in [0.05, 0.1) is 21.2 Å². The van der Waals surface area contributed by atoms with Crippen molar-refractivity contribution in [3.8, 4) is 11.8 Å². The van der Waals surface area contributed by atoms with Gasteiger partial charge in [0.25, 0.3) is 0 Å². The van der Waals surface area contributed by atoms with Crippen molar-refractivity contribution in [2.24, 2.45) is 0 Å². The zero-order valence-electron chi connectivity index (χ0n) is 10.4. The molecule has 2 aromatic carbocycles. The van der Waals surface area contributed by atoms with Crippen LogP contribution < -0.4 is 5.73 Å². The minimum Gasteiger partial charge on any atom is -0.369 e. The van der Waals surface area contributed by atoms with Gasteiger partial charge in [0, 0.05) is 6.07 Å². The molecule has 1 aromatic heterocycles. The fourth-order valence-corrected chi connectivity index (χ4v) is 2.48. The molecule has 21 heavy (non-hydrogen) atoms.